The van der Waals surface area contributed by atoms with Gasteiger partial charge in [0.05, 0.1) is 23.3 Å². The van der Waals surface area contributed by atoms with Gasteiger partial charge in [0.15, 0.2) is 6.30 Å². The Morgan fingerprint density at radius 3 is 2.91 bits per heavy atom. The third-order valence-corrected chi connectivity index (χ3v) is 6.07. The first-order valence-electron chi connectivity index (χ1n) is 11.3. The number of hydrogen-bond acceptors (Lipinski definition) is 6. The van der Waals surface area contributed by atoms with Gasteiger partial charge in [0, 0.05) is 30.2 Å². The van der Waals surface area contributed by atoms with Gasteiger partial charge in [0.2, 0.25) is 5.91 Å². The highest BCUT2D eigenvalue weighted by Crippen LogP contribution is 2.33. The first-order valence-corrected chi connectivity index (χ1v) is 11.7. The van der Waals surface area contributed by atoms with E-state index in [0.717, 1.165) is 19.4 Å². The predicted octanol–water partition coefficient (Wildman–Crippen LogP) is 5.84. The number of benzene rings is 2. The van der Waals surface area contributed by atoms with E-state index in [0.29, 0.717) is 53.2 Å². The molecule has 1 saturated heterocycles. The highest BCUT2D eigenvalue weighted by molar-refractivity contribution is 6.31. The molecule has 184 valence electrons. The van der Waals surface area contributed by atoms with E-state index < -0.39 is 12.1 Å². The minimum atomic E-state index is -0.899. The van der Waals surface area contributed by atoms with Crippen LogP contribution in [0.3, 0.4) is 0 Å². The van der Waals surface area contributed by atoms with Crippen molar-refractivity contribution in [3.05, 3.63) is 59.7 Å². The number of likely N-dealkylation sites (tertiary alicyclic amines) is 1. The zero-order valence-corrected chi connectivity index (χ0v) is 20.0. The van der Waals surface area contributed by atoms with Gasteiger partial charge in [0.1, 0.15) is 23.7 Å². The van der Waals surface area contributed by atoms with Crippen molar-refractivity contribution in [2.24, 2.45) is 0 Å². The lowest BCUT2D eigenvalue weighted by molar-refractivity contribution is -0.111. The Balaban J connectivity index is 1.49. The van der Waals surface area contributed by atoms with E-state index in [-0.39, 0.29) is 10.9 Å². The van der Waals surface area contributed by atoms with E-state index in [2.05, 4.69) is 20.6 Å². The average Bonchev–Trinajstić information content (AvgIpc) is 2.85. The van der Waals surface area contributed by atoms with Gasteiger partial charge in [-0.15, -0.1) is 0 Å². The first kappa shape index (κ1) is 24.8. The highest BCUT2D eigenvalue weighted by Gasteiger charge is 2.20. The SMILES string of the molecule is COc1cc2ncnc(Nc3ccc(F)c(Cl)c3)c2cc1NC(=O)C=CCCN1CCCCC1F. The van der Waals surface area contributed by atoms with Gasteiger partial charge in [-0.1, -0.05) is 17.7 Å². The summed E-state index contributed by atoms with van der Waals surface area (Å²) in [6.45, 7) is 1.32. The van der Waals surface area contributed by atoms with Gasteiger partial charge in [-0.05, 0) is 56.0 Å². The standard InChI is InChI=1S/C25H26ClF2N5O2/c1-35-22-14-20-17(25(30-15-29-20)31-16-8-9-19(27)18(26)12-16)13-21(22)32-24(34)7-3-5-11-33-10-4-2-6-23(33)28/h3,7-9,12-15,23H,2,4-6,10-11H2,1H3,(H,32,34)(H,29,30,31). The Morgan fingerprint density at radius 1 is 1.29 bits per heavy atom. The predicted molar refractivity (Wildman–Crippen MR) is 133 cm³/mol. The number of piperidine rings is 1. The fraction of sp³-hybridized carbons (Fsp3) is 0.320. The van der Waals surface area contributed by atoms with Crippen LogP contribution in [0, 0.1) is 5.82 Å². The van der Waals surface area contributed by atoms with Crippen molar-refractivity contribution in [2.75, 3.05) is 30.8 Å². The topological polar surface area (TPSA) is 79.4 Å². The fourth-order valence-corrected chi connectivity index (χ4v) is 4.15. The summed E-state index contributed by atoms with van der Waals surface area (Å²) >= 11 is 5.88. The molecule has 0 aliphatic carbocycles. The Labute approximate surface area is 207 Å². The Kier molecular flexibility index (Phi) is 8.09. The van der Waals surface area contributed by atoms with Crippen LogP contribution in [0.1, 0.15) is 25.7 Å². The lowest BCUT2D eigenvalue weighted by Gasteiger charge is -2.29. The summed E-state index contributed by atoms with van der Waals surface area (Å²) in [7, 11) is 1.50. The van der Waals surface area contributed by atoms with Gasteiger partial charge in [-0.25, -0.2) is 18.7 Å². The van der Waals surface area contributed by atoms with Crippen LogP contribution in [-0.2, 0) is 4.79 Å². The van der Waals surface area contributed by atoms with Crippen molar-refractivity contribution >= 4 is 45.6 Å². The molecule has 1 aromatic heterocycles. The fourth-order valence-electron chi connectivity index (χ4n) is 3.97. The molecule has 7 nitrogen and oxygen atoms in total. The van der Waals surface area contributed by atoms with Crippen LogP contribution in [0.2, 0.25) is 5.02 Å². The molecule has 0 spiro atoms. The minimum Gasteiger partial charge on any atom is -0.494 e. The van der Waals surface area contributed by atoms with E-state index in [1.165, 1.54) is 31.6 Å². The second-order valence-electron chi connectivity index (χ2n) is 8.19. The Bertz CT molecular complexity index is 1240. The number of halogens is 3. The lowest BCUT2D eigenvalue weighted by Crippen LogP contribution is -2.36. The monoisotopic (exact) mass is 501 g/mol. The number of aromatic nitrogens is 2. The largest absolute Gasteiger partial charge is 0.494 e. The molecule has 3 aromatic rings. The van der Waals surface area contributed by atoms with Crippen molar-refractivity contribution in [3.8, 4) is 5.75 Å². The van der Waals surface area contributed by atoms with E-state index in [1.807, 2.05) is 0 Å². The molecule has 0 radical (unpaired) electrons. The zero-order chi connectivity index (χ0) is 24.8. The maximum atomic E-state index is 13.9. The van der Waals surface area contributed by atoms with Crippen molar-refractivity contribution in [1.29, 1.82) is 0 Å². The van der Waals surface area contributed by atoms with Crippen LogP contribution in [0.4, 0.5) is 26.0 Å². The van der Waals surface area contributed by atoms with Gasteiger partial charge in [-0.3, -0.25) is 9.69 Å². The normalized spacial score (nSPS) is 16.5. The number of anilines is 3. The molecule has 1 unspecified atom stereocenters. The third-order valence-electron chi connectivity index (χ3n) is 5.78. The maximum absolute atomic E-state index is 13.9. The first-order chi connectivity index (χ1) is 16.9. The summed E-state index contributed by atoms with van der Waals surface area (Å²) < 4.78 is 32.8. The van der Waals surface area contributed by atoms with Gasteiger partial charge >= 0.3 is 0 Å². The highest BCUT2D eigenvalue weighted by atomic mass is 35.5. The van der Waals surface area contributed by atoms with Gasteiger partial charge in [-0.2, -0.15) is 0 Å². The molecule has 1 fully saturated rings. The van der Waals surface area contributed by atoms with E-state index >= 15 is 0 Å². The molecule has 35 heavy (non-hydrogen) atoms. The molecule has 4 rings (SSSR count). The number of hydrogen-bond donors (Lipinski definition) is 2. The average molecular weight is 502 g/mol. The summed E-state index contributed by atoms with van der Waals surface area (Å²) in [5.41, 5.74) is 1.57. The molecule has 1 aliphatic heterocycles. The lowest BCUT2D eigenvalue weighted by atomic mass is 10.1. The summed E-state index contributed by atoms with van der Waals surface area (Å²) in [6.07, 6.45) is 6.72. The molecule has 2 aromatic carbocycles. The molecule has 0 bridgehead atoms. The molecule has 2 N–H and O–H groups in total. The number of carbonyl (C=O) groups excluding carboxylic acids is 1. The number of rotatable bonds is 8. The number of ether oxygens (including phenoxy) is 1. The Morgan fingerprint density at radius 2 is 2.14 bits per heavy atom. The smallest absolute Gasteiger partial charge is 0.248 e. The van der Waals surface area contributed by atoms with Crippen molar-refractivity contribution in [3.63, 3.8) is 0 Å². The summed E-state index contributed by atoms with van der Waals surface area (Å²) in [6, 6.07) is 7.65. The number of amides is 1. The molecule has 1 amide bonds. The number of alkyl halides is 1. The number of nitrogens with zero attached hydrogens (tertiary/aromatic N) is 3. The number of methoxy groups -OCH3 is 1. The van der Waals surface area contributed by atoms with Crippen molar-refractivity contribution in [2.45, 2.75) is 32.0 Å². The van der Waals surface area contributed by atoms with Crippen LogP contribution in [0.15, 0.2) is 48.8 Å². The quantitative estimate of drug-likeness (QED) is 0.298. The molecule has 1 atom stereocenters. The maximum Gasteiger partial charge on any atom is 0.248 e. The van der Waals surface area contributed by atoms with Crippen LogP contribution >= 0.6 is 11.6 Å². The van der Waals surface area contributed by atoms with Crippen LogP contribution in [0.25, 0.3) is 10.9 Å². The molecule has 2 heterocycles. The van der Waals surface area contributed by atoms with Gasteiger partial charge in [0.25, 0.3) is 0 Å². The summed E-state index contributed by atoms with van der Waals surface area (Å²) in [5, 5.41) is 6.52. The van der Waals surface area contributed by atoms with E-state index in [1.54, 1.807) is 29.2 Å². The zero-order valence-electron chi connectivity index (χ0n) is 19.2. The Hall–Kier alpha value is -3.30. The minimum absolute atomic E-state index is 0.0166. The second kappa shape index (κ2) is 11.4. The van der Waals surface area contributed by atoms with Crippen LogP contribution < -0.4 is 15.4 Å². The number of nitrogens with one attached hydrogen (secondary N) is 2. The van der Waals surface area contributed by atoms with E-state index in [4.69, 9.17) is 16.3 Å². The van der Waals surface area contributed by atoms with Crippen LogP contribution in [0.5, 0.6) is 5.75 Å². The van der Waals surface area contributed by atoms with E-state index in [9.17, 15) is 13.6 Å². The van der Waals surface area contributed by atoms with Gasteiger partial charge < -0.3 is 15.4 Å². The summed E-state index contributed by atoms with van der Waals surface area (Å²) in [5.74, 6) is 0.0266. The second-order valence-corrected chi connectivity index (χ2v) is 8.60. The molecular formula is C25H26ClF2N5O2. The molecule has 0 saturated carbocycles. The van der Waals surface area contributed by atoms with Crippen molar-refractivity contribution in [1.82, 2.24) is 14.9 Å². The molecular weight excluding hydrogens is 476 g/mol. The molecule has 1 aliphatic rings. The van der Waals surface area contributed by atoms with Crippen LogP contribution in [-0.4, -0.2) is 47.3 Å². The third kappa shape index (κ3) is 6.23. The summed E-state index contributed by atoms with van der Waals surface area (Å²) in [4.78, 5) is 22.9. The molecule has 10 heteroatoms. The van der Waals surface area contributed by atoms with Crippen molar-refractivity contribution < 1.29 is 18.3 Å². The number of fused-ring (bicyclic) bond motifs is 1. The number of carbonyl (C=O) groups is 1.